The summed E-state index contributed by atoms with van der Waals surface area (Å²) in [5.41, 5.74) is 2.93. The van der Waals surface area contributed by atoms with Gasteiger partial charge >= 0.3 is 0 Å². The summed E-state index contributed by atoms with van der Waals surface area (Å²) in [7, 11) is 0. The van der Waals surface area contributed by atoms with Gasteiger partial charge in [0.2, 0.25) is 0 Å². The van der Waals surface area contributed by atoms with Crippen LogP contribution < -0.4 is 0 Å². The molecule has 0 saturated heterocycles. The van der Waals surface area contributed by atoms with E-state index in [4.69, 9.17) is 0 Å². The molecule has 0 aliphatic heterocycles. The maximum atomic E-state index is 4.36. The van der Waals surface area contributed by atoms with E-state index in [1.165, 1.54) is 75.3 Å². The van der Waals surface area contributed by atoms with Gasteiger partial charge in [-0.3, -0.25) is 4.98 Å². The second kappa shape index (κ2) is 10.9. The van der Waals surface area contributed by atoms with Crippen LogP contribution in [-0.4, -0.2) is 4.98 Å². The topological polar surface area (TPSA) is 12.9 Å². The van der Waals surface area contributed by atoms with Crippen molar-refractivity contribution in [3.8, 4) is 0 Å². The fraction of sp³-hybridized carbons (Fsp3) is 0.737. The standard InChI is InChI=1S/C19H33N/c1-4-6-8-10-12-18(13-11-9-7-5-2)19-16-20-15-14-17(19)3/h14-16,18H,4-13H2,1-3H3. The van der Waals surface area contributed by atoms with Crippen LogP contribution in [0.25, 0.3) is 0 Å². The predicted octanol–water partition coefficient (Wildman–Crippen LogP) is 6.41. The summed E-state index contributed by atoms with van der Waals surface area (Å²) in [5, 5.41) is 0. The smallest absolute Gasteiger partial charge is 0.0305 e. The van der Waals surface area contributed by atoms with E-state index < -0.39 is 0 Å². The van der Waals surface area contributed by atoms with Gasteiger partial charge < -0.3 is 0 Å². The molecule has 0 saturated carbocycles. The Balaban J connectivity index is 2.52. The van der Waals surface area contributed by atoms with Gasteiger partial charge in [0, 0.05) is 12.4 Å². The number of hydrogen-bond acceptors (Lipinski definition) is 1. The third kappa shape index (κ3) is 6.54. The van der Waals surface area contributed by atoms with E-state index in [-0.39, 0.29) is 0 Å². The lowest BCUT2D eigenvalue weighted by molar-refractivity contribution is 0.494. The number of hydrogen-bond donors (Lipinski definition) is 0. The van der Waals surface area contributed by atoms with Crippen molar-refractivity contribution in [2.24, 2.45) is 0 Å². The van der Waals surface area contributed by atoms with E-state index in [1.807, 2.05) is 6.20 Å². The summed E-state index contributed by atoms with van der Waals surface area (Å²) in [6, 6.07) is 2.17. The Morgan fingerprint density at radius 1 is 0.900 bits per heavy atom. The average Bonchev–Trinajstić information content (AvgIpc) is 2.46. The van der Waals surface area contributed by atoms with Gasteiger partial charge in [-0.05, 0) is 42.9 Å². The Morgan fingerprint density at radius 2 is 1.50 bits per heavy atom. The lowest BCUT2D eigenvalue weighted by atomic mass is 9.87. The minimum absolute atomic E-state index is 0.734. The van der Waals surface area contributed by atoms with Crippen molar-refractivity contribution in [2.45, 2.75) is 90.9 Å². The van der Waals surface area contributed by atoms with Crippen molar-refractivity contribution >= 4 is 0 Å². The third-order valence-corrected chi connectivity index (χ3v) is 4.33. The van der Waals surface area contributed by atoms with Crippen LogP contribution in [-0.2, 0) is 0 Å². The van der Waals surface area contributed by atoms with Gasteiger partial charge in [-0.2, -0.15) is 0 Å². The van der Waals surface area contributed by atoms with Crippen LogP contribution in [0.5, 0.6) is 0 Å². The molecule has 1 heteroatoms. The summed E-state index contributed by atoms with van der Waals surface area (Å²) < 4.78 is 0. The molecule has 0 atom stereocenters. The van der Waals surface area contributed by atoms with Crippen molar-refractivity contribution in [1.29, 1.82) is 0 Å². The van der Waals surface area contributed by atoms with Crippen LogP contribution in [0.4, 0.5) is 0 Å². The highest BCUT2D eigenvalue weighted by Gasteiger charge is 2.13. The molecule has 0 spiro atoms. The second-order valence-electron chi connectivity index (χ2n) is 6.13. The Bertz CT molecular complexity index is 333. The summed E-state index contributed by atoms with van der Waals surface area (Å²) >= 11 is 0. The quantitative estimate of drug-likeness (QED) is 0.425. The van der Waals surface area contributed by atoms with Crippen LogP contribution in [0, 0.1) is 6.92 Å². The van der Waals surface area contributed by atoms with E-state index in [0.717, 1.165) is 5.92 Å². The maximum Gasteiger partial charge on any atom is 0.0305 e. The number of unbranched alkanes of at least 4 members (excludes halogenated alkanes) is 6. The number of nitrogens with zero attached hydrogens (tertiary/aromatic N) is 1. The molecule has 114 valence electrons. The summed E-state index contributed by atoms with van der Waals surface area (Å²) in [6.45, 7) is 6.81. The Labute approximate surface area is 126 Å². The highest BCUT2D eigenvalue weighted by Crippen LogP contribution is 2.30. The SMILES string of the molecule is CCCCCCC(CCCCCC)c1cnccc1C. The van der Waals surface area contributed by atoms with Crippen LogP contribution in [0.3, 0.4) is 0 Å². The van der Waals surface area contributed by atoms with E-state index in [9.17, 15) is 0 Å². The van der Waals surface area contributed by atoms with Crippen LogP contribution >= 0.6 is 0 Å². The van der Waals surface area contributed by atoms with E-state index in [0.29, 0.717) is 0 Å². The zero-order valence-corrected chi connectivity index (χ0v) is 13.8. The normalized spacial score (nSPS) is 11.2. The zero-order chi connectivity index (χ0) is 14.6. The molecule has 0 bridgehead atoms. The molecule has 0 aliphatic rings. The first-order chi connectivity index (χ1) is 9.79. The van der Waals surface area contributed by atoms with Crippen molar-refractivity contribution in [1.82, 2.24) is 4.98 Å². The van der Waals surface area contributed by atoms with Crippen molar-refractivity contribution in [2.75, 3.05) is 0 Å². The maximum absolute atomic E-state index is 4.36. The van der Waals surface area contributed by atoms with Crippen molar-refractivity contribution < 1.29 is 0 Å². The lowest BCUT2D eigenvalue weighted by Crippen LogP contribution is -2.03. The molecular formula is C19H33N. The molecule has 0 unspecified atom stereocenters. The van der Waals surface area contributed by atoms with E-state index in [1.54, 1.807) is 0 Å². The monoisotopic (exact) mass is 275 g/mol. The third-order valence-electron chi connectivity index (χ3n) is 4.33. The minimum Gasteiger partial charge on any atom is -0.264 e. The van der Waals surface area contributed by atoms with Gasteiger partial charge in [0.15, 0.2) is 0 Å². The summed E-state index contributed by atoms with van der Waals surface area (Å²) in [6.07, 6.45) is 17.7. The van der Waals surface area contributed by atoms with Crippen molar-refractivity contribution in [3.63, 3.8) is 0 Å². The molecule has 20 heavy (non-hydrogen) atoms. The fourth-order valence-corrected chi connectivity index (χ4v) is 2.99. The fourth-order valence-electron chi connectivity index (χ4n) is 2.99. The summed E-state index contributed by atoms with van der Waals surface area (Å²) in [5.74, 6) is 0.734. The molecule has 0 amide bonds. The molecule has 0 radical (unpaired) electrons. The molecule has 1 rings (SSSR count). The Hall–Kier alpha value is -0.850. The number of aryl methyl sites for hydroxylation is 1. The van der Waals surface area contributed by atoms with Crippen molar-refractivity contribution in [3.05, 3.63) is 29.6 Å². The molecule has 1 aromatic heterocycles. The lowest BCUT2D eigenvalue weighted by Gasteiger charge is -2.19. The van der Waals surface area contributed by atoms with Gasteiger partial charge in [-0.1, -0.05) is 65.2 Å². The highest BCUT2D eigenvalue weighted by atomic mass is 14.6. The van der Waals surface area contributed by atoms with E-state index in [2.05, 4.69) is 38.0 Å². The Kier molecular flexibility index (Phi) is 9.36. The van der Waals surface area contributed by atoms with Gasteiger partial charge in [0.25, 0.3) is 0 Å². The molecule has 1 nitrogen and oxygen atoms in total. The van der Waals surface area contributed by atoms with Crippen LogP contribution in [0.2, 0.25) is 0 Å². The summed E-state index contributed by atoms with van der Waals surface area (Å²) in [4.78, 5) is 4.36. The number of pyridine rings is 1. The molecule has 1 heterocycles. The van der Waals surface area contributed by atoms with Gasteiger partial charge in [0.05, 0.1) is 0 Å². The number of aromatic nitrogens is 1. The average molecular weight is 275 g/mol. The first-order valence-electron chi connectivity index (χ1n) is 8.70. The Morgan fingerprint density at radius 3 is 2.00 bits per heavy atom. The van der Waals surface area contributed by atoms with Gasteiger partial charge in [0.1, 0.15) is 0 Å². The molecule has 1 aromatic rings. The molecule has 0 aliphatic carbocycles. The molecule has 0 fully saturated rings. The highest BCUT2D eigenvalue weighted by molar-refractivity contribution is 5.25. The second-order valence-corrected chi connectivity index (χ2v) is 6.13. The zero-order valence-electron chi connectivity index (χ0n) is 13.8. The van der Waals surface area contributed by atoms with Gasteiger partial charge in [-0.15, -0.1) is 0 Å². The first kappa shape index (κ1) is 17.2. The largest absolute Gasteiger partial charge is 0.264 e. The van der Waals surface area contributed by atoms with Crippen LogP contribution in [0.1, 0.15) is 95.1 Å². The predicted molar refractivity (Wildman–Crippen MR) is 89.2 cm³/mol. The van der Waals surface area contributed by atoms with Crippen LogP contribution in [0.15, 0.2) is 18.5 Å². The molecular weight excluding hydrogens is 242 g/mol. The number of rotatable bonds is 11. The van der Waals surface area contributed by atoms with E-state index >= 15 is 0 Å². The van der Waals surface area contributed by atoms with Gasteiger partial charge in [-0.25, -0.2) is 0 Å². The molecule has 0 N–H and O–H groups in total. The molecule has 0 aromatic carbocycles. The minimum atomic E-state index is 0.734. The first-order valence-corrected chi connectivity index (χ1v) is 8.70.